The molecule has 0 atom stereocenters. The van der Waals surface area contributed by atoms with Gasteiger partial charge >= 0.3 is 0 Å². The van der Waals surface area contributed by atoms with E-state index in [2.05, 4.69) is 4.98 Å². The minimum absolute atomic E-state index is 0.144. The van der Waals surface area contributed by atoms with Gasteiger partial charge in [0.1, 0.15) is 5.75 Å². The quantitative estimate of drug-likeness (QED) is 0.816. The Labute approximate surface area is 99.4 Å². The lowest BCUT2D eigenvalue weighted by atomic mass is 9.94. The van der Waals surface area contributed by atoms with Gasteiger partial charge in [0.05, 0.1) is 18.0 Å². The Morgan fingerprint density at radius 1 is 1.24 bits per heavy atom. The van der Waals surface area contributed by atoms with Crippen LogP contribution in [0.3, 0.4) is 0 Å². The molecule has 0 fully saturated rings. The van der Waals surface area contributed by atoms with Crippen LogP contribution >= 0.6 is 0 Å². The van der Waals surface area contributed by atoms with Crippen molar-refractivity contribution in [3.8, 4) is 5.75 Å². The second-order valence-corrected chi connectivity index (χ2v) is 4.50. The molecule has 0 aliphatic heterocycles. The number of aryl methyl sites for hydroxylation is 1. The number of aromatic nitrogens is 1. The molecule has 0 radical (unpaired) electrons. The summed E-state index contributed by atoms with van der Waals surface area (Å²) in [5.41, 5.74) is 3.09. The number of rotatable bonds is 1. The third-order valence-electron chi connectivity index (χ3n) is 3.50. The second-order valence-electron chi connectivity index (χ2n) is 4.50. The van der Waals surface area contributed by atoms with Gasteiger partial charge < -0.3 is 9.72 Å². The van der Waals surface area contributed by atoms with Crippen molar-refractivity contribution >= 4 is 10.9 Å². The maximum Gasteiger partial charge on any atom is 0.196 e. The third-order valence-corrected chi connectivity index (χ3v) is 3.50. The van der Waals surface area contributed by atoms with Gasteiger partial charge in [0.2, 0.25) is 0 Å². The molecule has 2 aromatic rings. The minimum Gasteiger partial charge on any atom is -0.496 e. The molecule has 1 aromatic carbocycles. The SMILES string of the molecule is COc1cccc2[nH]c3c(c(=O)c12)CCCC3. The molecule has 0 saturated heterocycles. The number of methoxy groups -OCH3 is 1. The Hall–Kier alpha value is -1.77. The zero-order valence-electron chi connectivity index (χ0n) is 9.88. The lowest BCUT2D eigenvalue weighted by molar-refractivity contribution is 0.419. The average Bonchev–Trinajstić information content (AvgIpc) is 2.38. The van der Waals surface area contributed by atoms with E-state index in [9.17, 15) is 4.79 Å². The van der Waals surface area contributed by atoms with Gasteiger partial charge in [-0.05, 0) is 37.8 Å². The molecule has 88 valence electrons. The second kappa shape index (κ2) is 3.91. The van der Waals surface area contributed by atoms with Crippen LogP contribution in [0, 0.1) is 0 Å². The van der Waals surface area contributed by atoms with E-state index in [1.807, 2.05) is 18.2 Å². The number of nitrogens with one attached hydrogen (secondary N) is 1. The van der Waals surface area contributed by atoms with Crippen molar-refractivity contribution in [3.05, 3.63) is 39.7 Å². The molecule has 0 amide bonds. The number of pyridine rings is 1. The largest absolute Gasteiger partial charge is 0.496 e. The van der Waals surface area contributed by atoms with Crippen molar-refractivity contribution in [2.24, 2.45) is 0 Å². The van der Waals surface area contributed by atoms with Crippen LogP contribution in [0.1, 0.15) is 24.1 Å². The van der Waals surface area contributed by atoms with E-state index in [1.165, 1.54) is 6.42 Å². The Bertz CT molecular complexity index is 628. The van der Waals surface area contributed by atoms with Gasteiger partial charge in [-0.25, -0.2) is 0 Å². The summed E-state index contributed by atoms with van der Waals surface area (Å²) in [6.07, 6.45) is 4.14. The highest BCUT2D eigenvalue weighted by Crippen LogP contribution is 2.25. The normalized spacial score (nSPS) is 14.6. The molecule has 0 spiro atoms. The Morgan fingerprint density at radius 2 is 2.06 bits per heavy atom. The molecule has 1 heterocycles. The molecule has 1 aliphatic rings. The first kappa shape index (κ1) is 10.4. The van der Waals surface area contributed by atoms with Gasteiger partial charge in [0.25, 0.3) is 0 Å². The summed E-state index contributed by atoms with van der Waals surface area (Å²) in [6, 6.07) is 5.69. The number of fused-ring (bicyclic) bond motifs is 2. The predicted octanol–water partition coefficient (Wildman–Crippen LogP) is 2.42. The van der Waals surface area contributed by atoms with E-state index in [0.29, 0.717) is 11.1 Å². The molecule has 1 aromatic heterocycles. The van der Waals surface area contributed by atoms with E-state index < -0.39 is 0 Å². The first-order valence-electron chi connectivity index (χ1n) is 6.02. The molecule has 1 aliphatic carbocycles. The molecule has 0 saturated carbocycles. The lowest BCUT2D eigenvalue weighted by Gasteiger charge is -2.16. The molecule has 1 N–H and O–H groups in total. The summed E-state index contributed by atoms with van der Waals surface area (Å²) in [4.78, 5) is 15.8. The Morgan fingerprint density at radius 3 is 2.88 bits per heavy atom. The van der Waals surface area contributed by atoms with Gasteiger partial charge in [-0.1, -0.05) is 6.07 Å². The minimum atomic E-state index is 0.144. The molecule has 3 nitrogen and oxygen atoms in total. The topological polar surface area (TPSA) is 42.1 Å². The van der Waals surface area contributed by atoms with E-state index in [0.717, 1.165) is 36.0 Å². The van der Waals surface area contributed by atoms with E-state index in [4.69, 9.17) is 4.74 Å². The van der Waals surface area contributed by atoms with Crippen LogP contribution in [0.4, 0.5) is 0 Å². The van der Waals surface area contributed by atoms with Gasteiger partial charge in [0, 0.05) is 11.3 Å². The fourth-order valence-corrected chi connectivity index (χ4v) is 2.65. The first-order chi connectivity index (χ1) is 8.31. The summed E-state index contributed by atoms with van der Waals surface area (Å²) in [5, 5.41) is 0.690. The first-order valence-corrected chi connectivity index (χ1v) is 6.02. The number of hydrogen-bond acceptors (Lipinski definition) is 2. The number of H-pyrrole nitrogens is 1. The highest BCUT2D eigenvalue weighted by atomic mass is 16.5. The number of ether oxygens (including phenoxy) is 1. The molecule has 17 heavy (non-hydrogen) atoms. The van der Waals surface area contributed by atoms with Crippen molar-refractivity contribution in [2.45, 2.75) is 25.7 Å². The van der Waals surface area contributed by atoms with Crippen molar-refractivity contribution in [3.63, 3.8) is 0 Å². The van der Waals surface area contributed by atoms with Crippen LogP contribution in [0.5, 0.6) is 5.75 Å². The van der Waals surface area contributed by atoms with Crippen molar-refractivity contribution in [1.82, 2.24) is 4.98 Å². The number of benzene rings is 1. The number of aromatic amines is 1. The van der Waals surface area contributed by atoms with E-state index >= 15 is 0 Å². The Kier molecular flexibility index (Phi) is 2.39. The summed E-state index contributed by atoms with van der Waals surface area (Å²) in [5.74, 6) is 0.664. The van der Waals surface area contributed by atoms with Gasteiger partial charge in [-0.2, -0.15) is 0 Å². The van der Waals surface area contributed by atoms with Crippen molar-refractivity contribution in [2.75, 3.05) is 7.11 Å². The third kappa shape index (κ3) is 1.54. The van der Waals surface area contributed by atoms with Gasteiger partial charge in [-0.15, -0.1) is 0 Å². The summed E-state index contributed by atoms with van der Waals surface area (Å²) in [7, 11) is 1.60. The number of hydrogen-bond donors (Lipinski definition) is 1. The zero-order chi connectivity index (χ0) is 11.8. The highest BCUT2D eigenvalue weighted by molar-refractivity contribution is 5.85. The van der Waals surface area contributed by atoms with Crippen LogP contribution in [-0.2, 0) is 12.8 Å². The van der Waals surface area contributed by atoms with Crippen LogP contribution in [0.25, 0.3) is 10.9 Å². The summed E-state index contributed by atoms with van der Waals surface area (Å²) in [6.45, 7) is 0. The summed E-state index contributed by atoms with van der Waals surface area (Å²) >= 11 is 0. The van der Waals surface area contributed by atoms with Crippen LogP contribution in [-0.4, -0.2) is 12.1 Å². The predicted molar refractivity (Wildman–Crippen MR) is 67.8 cm³/mol. The van der Waals surface area contributed by atoms with Crippen LogP contribution in [0.2, 0.25) is 0 Å². The van der Waals surface area contributed by atoms with Gasteiger partial charge in [0.15, 0.2) is 5.43 Å². The average molecular weight is 229 g/mol. The van der Waals surface area contributed by atoms with Gasteiger partial charge in [-0.3, -0.25) is 4.79 Å². The molecule has 3 rings (SSSR count). The van der Waals surface area contributed by atoms with E-state index in [1.54, 1.807) is 7.11 Å². The molecular formula is C14H15NO2. The van der Waals surface area contributed by atoms with Crippen LogP contribution in [0.15, 0.2) is 23.0 Å². The smallest absolute Gasteiger partial charge is 0.196 e. The summed E-state index contributed by atoms with van der Waals surface area (Å²) < 4.78 is 5.28. The highest BCUT2D eigenvalue weighted by Gasteiger charge is 2.17. The maximum absolute atomic E-state index is 12.5. The Balaban J connectivity index is 2.41. The van der Waals surface area contributed by atoms with Crippen LogP contribution < -0.4 is 10.2 Å². The fourth-order valence-electron chi connectivity index (χ4n) is 2.65. The lowest BCUT2D eigenvalue weighted by Crippen LogP contribution is -2.18. The molecule has 0 unspecified atom stereocenters. The van der Waals surface area contributed by atoms with Crippen molar-refractivity contribution in [1.29, 1.82) is 0 Å². The standard InChI is InChI=1S/C14H15NO2/c1-17-12-8-4-7-11-13(12)14(16)9-5-2-3-6-10(9)15-11/h4,7-8H,2-3,5-6H2,1H3,(H,15,16). The molecular weight excluding hydrogens is 214 g/mol. The van der Waals surface area contributed by atoms with Crippen molar-refractivity contribution < 1.29 is 4.74 Å². The van der Waals surface area contributed by atoms with E-state index in [-0.39, 0.29) is 5.43 Å². The molecule has 0 bridgehead atoms. The maximum atomic E-state index is 12.5. The monoisotopic (exact) mass is 229 g/mol. The fraction of sp³-hybridized carbons (Fsp3) is 0.357. The molecule has 3 heteroatoms. The zero-order valence-corrected chi connectivity index (χ0v) is 9.88.